The fourth-order valence-corrected chi connectivity index (χ4v) is 3.34. The van der Waals surface area contributed by atoms with Crippen LogP contribution in [0.3, 0.4) is 0 Å². The predicted octanol–water partition coefficient (Wildman–Crippen LogP) is 5.02. The number of esters is 1. The van der Waals surface area contributed by atoms with Crippen LogP contribution in [0.2, 0.25) is 0 Å². The first-order valence-electron chi connectivity index (χ1n) is 8.03. The molecule has 0 aliphatic carbocycles. The van der Waals surface area contributed by atoms with E-state index in [0.717, 1.165) is 4.88 Å². The molecule has 0 saturated carbocycles. The molecule has 0 bridgehead atoms. The number of carbonyl (C=O) groups excluding carboxylic acids is 2. The number of carbonyl (C=O) groups is 2. The number of halogens is 1. The number of aryl methyl sites for hydroxylation is 1. The van der Waals surface area contributed by atoms with Crippen molar-refractivity contribution in [2.45, 2.75) is 34.6 Å². The fraction of sp³-hybridized carbons (Fsp3) is 0.368. The van der Waals surface area contributed by atoms with Crippen molar-refractivity contribution in [2.24, 2.45) is 5.41 Å². The quantitative estimate of drug-likeness (QED) is 0.776. The maximum Gasteiger partial charge on any atom is 0.341 e. The summed E-state index contributed by atoms with van der Waals surface area (Å²) in [5.74, 6) is -1.05. The minimum absolute atomic E-state index is 0.190. The fourth-order valence-electron chi connectivity index (χ4n) is 2.29. The summed E-state index contributed by atoms with van der Waals surface area (Å²) in [6.45, 7) is 9.21. The van der Waals surface area contributed by atoms with E-state index < -0.39 is 11.4 Å². The van der Waals surface area contributed by atoms with Gasteiger partial charge in [0, 0.05) is 15.9 Å². The van der Waals surface area contributed by atoms with Crippen LogP contribution in [-0.2, 0) is 9.53 Å². The number of rotatable bonds is 4. The highest BCUT2D eigenvalue weighted by Gasteiger charge is 2.28. The van der Waals surface area contributed by atoms with E-state index in [2.05, 4.69) is 5.32 Å². The third-order valence-corrected chi connectivity index (χ3v) is 4.63. The molecule has 0 fully saturated rings. The van der Waals surface area contributed by atoms with Crippen molar-refractivity contribution >= 4 is 28.2 Å². The molecule has 1 aromatic heterocycles. The van der Waals surface area contributed by atoms with Gasteiger partial charge in [0.15, 0.2) is 0 Å². The molecule has 1 aromatic carbocycles. The molecule has 0 saturated heterocycles. The monoisotopic (exact) mass is 363 g/mol. The Bertz CT molecular complexity index is 788. The lowest BCUT2D eigenvalue weighted by atomic mass is 9.95. The largest absolute Gasteiger partial charge is 0.462 e. The van der Waals surface area contributed by atoms with E-state index in [1.54, 1.807) is 39.8 Å². The lowest BCUT2D eigenvalue weighted by Crippen LogP contribution is -2.28. The molecule has 2 rings (SSSR count). The normalized spacial score (nSPS) is 11.3. The smallest absolute Gasteiger partial charge is 0.341 e. The van der Waals surface area contributed by atoms with Gasteiger partial charge in [0.1, 0.15) is 16.4 Å². The zero-order valence-electron chi connectivity index (χ0n) is 15.0. The van der Waals surface area contributed by atoms with Gasteiger partial charge >= 0.3 is 5.97 Å². The molecule has 1 heterocycles. The Labute approximate surface area is 151 Å². The lowest BCUT2D eigenvalue weighted by Gasteiger charge is -2.17. The first kappa shape index (κ1) is 19.1. The summed E-state index contributed by atoms with van der Waals surface area (Å²) >= 11 is 1.31. The Morgan fingerprint density at radius 1 is 1.20 bits per heavy atom. The van der Waals surface area contributed by atoms with Gasteiger partial charge in [-0.05, 0) is 31.5 Å². The molecule has 0 radical (unpaired) electrons. The number of benzene rings is 1. The second-order valence-corrected chi connectivity index (χ2v) is 7.89. The van der Waals surface area contributed by atoms with Crippen LogP contribution in [0, 0.1) is 18.2 Å². The maximum atomic E-state index is 13.2. The van der Waals surface area contributed by atoms with E-state index in [-0.39, 0.29) is 18.3 Å². The van der Waals surface area contributed by atoms with Crippen LogP contribution < -0.4 is 5.32 Å². The zero-order chi connectivity index (χ0) is 18.8. The van der Waals surface area contributed by atoms with E-state index in [1.807, 2.05) is 6.92 Å². The summed E-state index contributed by atoms with van der Waals surface area (Å²) in [6.07, 6.45) is 0. The maximum absolute atomic E-state index is 13.2. The zero-order valence-corrected chi connectivity index (χ0v) is 15.8. The van der Waals surface area contributed by atoms with Crippen molar-refractivity contribution in [2.75, 3.05) is 11.9 Å². The first-order chi connectivity index (χ1) is 11.6. The van der Waals surface area contributed by atoms with Gasteiger partial charge in [0.05, 0.1) is 6.61 Å². The summed E-state index contributed by atoms with van der Waals surface area (Å²) in [6, 6.07) is 5.91. The molecule has 1 N–H and O–H groups in total. The van der Waals surface area contributed by atoms with E-state index in [0.29, 0.717) is 21.7 Å². The summed E-state index contributed by atoms with van der Waals surface area (Å²) < 4.78 is 18.4. The second kappa shape index (κ2) is 7.35. The molecular formula is C19H22FNO3S. The number of anilines is 1. The second-order valence-electron chi connectivity index (χ2n) is 6.67. The summed E-state index contributed by atoms with van der Waals surface area (Å²) in [7, 11) is 0. The van der Waals surface area contributed by atoms with Crippen LogP contribution >= 0.6 is 11.3 Å². The van der Waals surface area contributed by atoms with Crippen LogP contribution in [0.15, 0.2) is 24.3 Å². The van der Waals surface area contributed by atoms with Crippen LogP contribution in [0.1, 0.15) is 42.9 Å². The minimum atomic E-state index is -0.597. The molecule has 0 spiro atoms. The Morgan fingerprint density at radius 2 is 1.80 bits per heavy atom. The van der Waals surface area contributed by atoms with Crippen LogP contribution in [0.5, 0.6) is 0 Å². The number of nitrogens with one attached hydrogen (secondary N) is 1. The topological polar surface area (TPSA) is 55.4 Å². The number of thiophene rings is 1. The third-order valence-electron chi connectivity index (χ3n) is 3.60. The molecule has 6 heteroatoms. The summed E-state index contributed by atoms with van der Waals surface area (Å²) in [5.41, 5.74) is 1.08. The Hall–Kier alpha value is -2.21. The molecule has 4 nitrogen and oxygen atoms in total. The summed E-state index contributed by atoms with van der Waals surface area (Å²) in [5, 5.41) is 3.29. The highest BCUT2D eigenvalue weighted by atomic mass is 32.1. The van der Waals surface area contributed by atoms with Crippen molar-refractivity contribution in [3.8, 4) is 11.1 Å². The minimum Gasteiger partial charge on any atom is -0.462 e. The van der Waals surface area contributed by atoms with Gasteiger partial charge in [-0.1, -0.05) is 32.9 Å². The van der Waals surface area contributed by atoms with Gasteiger partial charge in [0.25, 0.3) is 0 Å². The highest BCUT2D eigenvalue weighted by molar-refractivity contribution is 7.17. The van der Waals surface area contributed by atoms with Crippen molar-refractivity contribution in [3.05, 3.63) is 40.5 Å². The van der Waals surface area contributed by atoms with Crippen LogP contribution in [0.4, 0.5) is 9.39 Å². The Kier molecular flexibility index (Phi) is 5.62. The molecule has 0 unspecified atom stereocenters. The van der Waals surface area contributed by atoms with Gasteiger partial charge in [-0.2, -0.15) is 0 Å². The molecule has 1 amide bonds. The van der Waals surface area contributed by atoms with Crippen molar-refractivity contribution in [3.63, 3.8) is 0 Å². The van der Waals surface area contributed by atoms with Crippen LogP contribution in [0.25, 0.3) is 11.1 Å². The molecular weight excluding hydrogens is 341 g/mol. The van der Waals surface area contributed by atoms with Gasteiger partial charge < -0.3 is 10.1 Å². The molecule has 0 aliphatic rings. The van der Waals surface area contributed by atoms with Gasteiger partial charge in [-0.25, -0.2) is 9.18 Å². The number of hydrogen-bond acceptors (Lipinski definition) is 4. The third kappa shape index (κ3) is 4.25. The Morgan fingerprint density at radius 3 is 2.32 bits per heavy atom. The van der Waals surface area contributed by atoms with Crippen LogP contribution in [-0.4, -0.2) is 18.5 Å². The van der Waals surface area contributed by atoms with Gasteiger partial charge in [-0.3, -0.25) is 4.79 Å². The van der Waals surface area contributed by atoms with Crippen molar-refractivity contribution in [1.82, 2.24) is 0 Å². The van der Waals surface area contributed by atoms with E-state index in [4.69, 9.17) is 4.74 Å². The van der Waals surface area contributed by atoms with Gasteiger partial charge in [0.2, 0.25) is 5.91 Å². The number of ether oxygens (including phenoxy) is 1. The molecule has 25 heavy (non-hydrogen) atoms. The standard InChI is InChI=1S/C19H22FNO3S/c1-6-24-17(22)15-14(12-7-9-13(20)10-8-12)11(2)25-16(15)21-18(23)19(3,4)5/h7-10H,6H2,1-5H3,(H,21,23). The summed E-state index contributed by atoms with van der Waals surface area (Å²) in [4.78, 5) is 25.7. The molecule has 2 aromatic rings. The van der Waals surface area contributed by atoms with E-state index >= 15 is 0 Å². The molecule has 0 aliphatic heterocycles. The number of amides is 1. The van der Waals surface area contributed by atoms with E-state index in [9.17, 15) is 14.0 Å². The SMILES string of the molecule is CCOC(=O)c1c(NC(=O)C(C)(C)C)sc(C)c1-c1ccc(F)cc1. The highest BCUT2D eigenvalue weighted by Crippen LogP contribution is 2.41. The molecule has 0 atom stereocenters. The first-order valence-corrected chi connectivity index (χ1v) is 8.84. The average molecular weight is 363 g/mol. The van der Waals surface area contributed by atoms with Crippen molar-refractivity contribution < 1.29 is 18.7 Å². The van der Waals surface area contributed by atoms with Crippen molar-refractivity contribution in [1.29, 1.82) is 0 Å². The van der Waals surface area contributed by atoms with Gasteiger partial charge in [-0.15, -0.1) is 11.3 Å². The average Bonchev–Trinajstić information content (AvgIpc) is 2.83. The van der Waals surface area contributed by atoms with E-state index in [1.165, 1.54) is 23.5 Å². The Balaban J connectivity index is 2.57. The lowest BCUT2D eigenvalue weighted by molar-refractivity contribution is -0.123. The predicted molar refractivity (Wildman–Crippen MR) is 98.5 cm³/mol. The molecule has 134 valence electrons. The number of hydrogen-bond donors (Lipinski definition) is 1.